The number of benzene rings is 1. The molecule has 3 aromatic rings. The van der Waals surface area contributed by atoms with Crippen LogP contribution < -0.4 is 20.6 Å². The Morgan fingerprint density at radius 1 is 1.32 bits per heavy atom. The van der Waals surface area contributed by atoms with Crippen LogP contribution in [-0.4, -0.2) is 32.4 Å². The number of pyridine rings is 1. The van der Waals surface area contributed by atoms with Crippen molar-refractivity contribution in [2.24, 2.45) is 0 Å². The number of tetrazole rings is 1. The Hall–Kier alpha value is -3.07. The quantitative estimate of drug-likeness (QED) is 0.653. The Labute approximate surface area is 148 Å². The molecule has 0 atom stereocenters. The number of halogens is 1. The van der Waals surface area contributed by atoms with E-state index in [0.29, 0.717) is 29.7 Å². The molecule has 1 aromatic carbocycles. The first-order valence-electron chi connectivity index (χ1n) is 7.33. The number of nitrogens with two attached hydrogens (primary N) is 1. The molecule has 3 N–H and O–H groups in total. The van der Waals surface area contributed by atoms with Gasteiger partial charge >= 0.3 is 0 Å². The van der Waals surface area contributed by atoms with Gasteiger partial charge in [0.1, 0.15) is 6.61 Å². The molecule has 0 aliphatic heterocycles. The summed E-state index contributed by atoms with van der Waals surface area (Å²) in [6.07, 6.45) is 3.44. The molecule has 9 nitrogen and oxygen atoms in total. The van der Waals surface area contributed by atoms with E-state index in [1.54, 1.807) is 25.6 Å². The summed E-state index contributed by atoms with van der Waals surface area (Å²) in [6.45, 7) is 0.733. The monoisotopic (exact) mass is 361 g/mol. The van der Waals surface area contributed by atoms with Crippen LogP contribution in [0.4, 0.5) is 5.95 Å². The minimum absolute atomic E-state index is 0.162. The molecule has 0 amide bonds. The van der Waals surface area contributed by atoms with Gasteiger partial charge in [-0.3, -0.25) is 4.98 Å². The zero-order chi connectivity index (χ0) is 17.6. The lowest BCUT2D eigenvalue weighted by Crippen LogP contribution is -2.18. The number of rotatable bonds is 7. The van der Waals surface area contributed by atoms with Gasteiger partial charge in [0.25, 0.3) is 5.95 Å². The van der Waals surface area contributed by atoms with Crippen LogP contribution in [0, 0.1) is 0 Å². The van der Waals surface area contributed by atoms with E-state index >= 15 is 0 Å². The Morgan fingerprint density at radius 2 is 2.20 bits per heavy atom. The molecule has 0 saturated heterocycles. The molecule has 0 aliphatic carbocycles. The lowest BCUT2D eigenvalue weighted by atomic mass is 10.2. The molecule has 0 spiro atoms. The number of nitrogens with one attached hydrogen (secondary N) is 1. The smallest absolute Gasteiger partial charge is 0.260 e. The van der Waals surface area contributed by atoms with Gasteiger partial charge in [-0.15, -0.1) is 4.79 Å². The molecular formula is C15H16ClN7O2. The van der Waals surface area contributed by atoms with Gasteiger partial charge in [0.2, 0.25) is 0 Å². The van der Waals surface area contributed by atoms with Crippen molar-refractivity contribution in [3.05, 3.63) is 52.8 Å². The van der Waals surface area contributed by atoms with Gasteiger partial charge in [-0.2, -0.15) is 0 Å². The van der Waals surface area contributed by atoms with Crippen LogP contribution in [0.5, 0.6) is 11.5 Å². The van der Waals surface area contributed by atoms with Gasteiger partial charge in [0, 0.05) is 18.0 Å². The van der Waals surface area contributed by atoms with Crippen molar-refractivity contribution in [2.75, 3.05) is 18.3 Å². The van der Waals surface area contributed by atoms with Gasteiger partial charge < -0.3 is 20.6 Å². The molecule has 3 rings (SSSR count). The van der Waals surface area contributed by atoms with Gasteiger partial charge in [0.15, 0.2) is 11.5 Å². The van der Waals surface area contributed by atoms with Crippen molar-refractivity contribution in [1.82, 2.24) is 25.3 Å². The van der Waals surface area contributed by atoms with Crippen LogP contribution in [0.2, 0.25) is 5.02 Å². The number of methoxy groups -OCH3 is 1. The van der Waals surface area contributed by atoms with Gasteiger partial charge in [-0.05, 0) is 34.2 Å². The number of nitrogen functional groups attached to an aromatic ring is 1. The average Bonchev–Trinajstić information content (AvgIpc) is 3.04. The minimum atomic E-state index is 0.162. The minimum Gasteiger partial charge on any atom is -0.493 e. The van der Waals surface area contributed by atoms with E-state index in [0.717, 1.165) is 11.1 Å². The maximum atomic E-state index is 6.35. The first-order valence-corrected chi connectivity index (χ1v) is 7.71. The predicted molar refractivity (Wildman–Crippen MR) is 91.9 cm³/mol. The van der Waals surface area contributed by atoms with Gasteiger partial charge in [0.05, 0.1) is 18.7 Å². The first kappa shape index (κ1) is 16.8. The third-order valence-corrected chi connectivity index (χ3v) is 3.60. The van der Waals surface area contributed by atoms with Crippen molar-refractivity contribution in [1.29, 1.82) is 0 Å². The van der Waals surface area contributed by atoms with Crippen LogP contribution in [0.15, 0.2) is 36.7 Å². The molecule has 0 fully saturated rings. The van der Waals surface area contributed by atoms with Crippen LogP contribution in [0.1, 0.15) is 11.1 Å². The zero-order valence-corrected chi connectivity index (χ0v) is 14.1. The summed E-state index contributed by atoms with van der Waals surface area (Å²) in [5, 5.41) is 11.2. The Bertz CT molecular complexity index is 841. The summed E-state index contributed by atoms with van der Waals surface area (Å²) >= 11 is 6.35. The predicted octanol–water partition coefficient (Wildman–Crippen LogP) is 1.63. The highest BCUT2D eigenvalue weighted by Gasteiger charge is 2.13. The fourth-order valence-corrected chi connectivity index (χ4v) is 2.42. The fraction of sp³-hybridized carbons (Fsp3) is 0.200. The van der Waals surface area contributed by atoms with E-state index in [9.17, 15) is 0 Å². The molecule has 2 aromatic heterocycles. The van der Waals surface area contributed by atoms with E-state index in [-0.39, 0.29) is 5.95 Å². The Balaban J connectivity index is 1.73. The third-order valence-electron chi connectivity index (χ3n) is 3.32. The molecule has 2 heterocycles. The van der Waals surface area contributed by atoms with Crippen molar-refractivity contribution in [3.63, 3.8) is 0 Å². The first-order chi connectivity index (χ1) is 12.2. The van der Waals surface area contributed by atoms with Crippen LogP contribution in [-0.2, 0) is 13.2 Å². The van der Waals surface area contributed by atoms with Crippen LogP contribution >= 0.6 is 11.6 Å². The van der Waals surface area contributed by atoms with E-state index < -0.39 is 0 Å². The highest BCUT2D eigenvalue weighted by molar-refractivity contribution is 6.32. The van der Waals surface area contributed by atoms with E-state index in [1.165, 1.54) is 4.79 Å². The zero-order valence-electron chi connectivity index (χ0n) is 13.4. The molecule has 130 valence electrons. The summed E-state index contributed by atoms with van der Waals surface area (Å²) in [6, 6.07) is 7.35. The largest absolute Gasteiger partial charge is 0.493 e. The number of hydrogen-bond donors (Lipinski definition) is 2. The molecule has 0 aliphatic rings. The third kappa shape index (κ3) is 4.07. The Kier molecular flexibility index (Phi) is 5.14. The van der Waals surface area contributed by atoms with E-state index in [1.807, 2.05) is 18.2 Å². The molecule has 10 heteroatoms. The Morgan fingerprint density at radius 3 is 2.88 bits per heavy atom. The summed E-state index contributed by atoms with van der Waals surface area (Å²) in [5.41, 5.74) is 10.3. The van der Waals surface area contributed by atoms with Crippen LogP contribution in [0.25, 0.3) is 0 Å². The van der Waals surface area contributed by atoms with Gasteiger partial charge in [-0.25, -0.2) is 0 Å². The summed E-state index contributed by atoms with van der Waals surface area (Å²) in [7, 11) is 1.55. The molecule has 0 radical (unpaired) electrons. The van der Waals surface area contributed by atoms with Gasteiger partial charge in [-0.1, -0.05) is 22.8 Å². The standard InChI is InChI=1S/C15H16ClN7O2/c1-24-13-6-11(8-19-23-15(17)20-21-22-23)5-12(16)14(13)25-9-10-3-2-4-18-7-10/h2-7,19H,8-9H2,1H3,(H2,17,20,22). The lowest BCUT2D eigenvalue weighted by molar-refractivity contribution is 0.284. The summed E-state index contributed by atoms with van der Waals surface area (Å²) < 4.78 is 11.2. The normalized spacial score (nSPS) is 10.5. The molecule has 25 heavy (non-hydrogen) atoms. The topological polar surface area (TPSA) is 113 Å². The summed E-state index contributed by atoms with van der Waals surface area (Å²) in [4.78, 5) is 5.32. The highest BCUT2D eigenvalue weighted by atomic mass is 35.5. The number of ether oxygens (including phenoxy) is 2. The number of nitrogens with zero attached hydrogens (tertiary/aromatic N) is 5. The maximum Gasteiger partial charge on any atom is 0.260 e. The number of aromatic nitrogens is 5. The fourth-order valence-electron chi connectivity index (χ4n) is 2.13. The van der Waals surface area contributed by atoms with E-state index in [4.69, 9.17) is 26.8 Å². The van der Waals surface area contributed by atoms with Crippen molar-refractivity contribution < 1.29 is 9.47 Å². The van der Waals surface area contributed by atoms with Crippen molar-refractivity contribution in [3.8, 4) is 11.5 Å². The molecule has 0 bridgehead atoms. The van der Waals surface area contributed by atoms with Crippen LogP contribution in [0.3, 0.4) is 0 Å². The number of hydrogen-bond acceptors (Lipinski definition) is 8. The second-order valence-electron chi connectivity index (χ2n) is 5.04. The highest BCUT2D eigenvalue weighted by Crippen LogP contribution is 2.37. The SMILES string of the molecule is COc1cc(CNn2nnnc2N)cc(Cl)c1OCc1cccnc1. The van der Waals surface area contributed by atoms with E-state index in [2.05, 4.69) is 25.9 Å². The van der Waals surface area contributed by atoms with Crippen molar-refractivity contribution in [2.45, 2.75) is 13.2 Å². The molecule has 0 saturated carbocycles. The second-order valence-corrected chi connectivity index (χ2v) is 5.45. The molecular weight excluding hydrogens is 346 g/mol. The summed E-state index contributed by atoms with van der Waals surface area (Å²) in [5.74, 6) is 1.16. The van der Waals surface area contributed by atoms with Crippen molar-refractivity contribution >= 4 is 17.5 Å². The average molecular weight is 362 g/mol. The maximum absolute atomic E-state index is 6.35. The lowest BCUT2D eigenvalue weighted by Gasteiger charge is -2.14. The molecule has 0 unspecified atom stereocenters. The number of anilines is 1. The second kappa shape index (κ2) is 7.67.